The lowest BCUT2D eigenvalue weighted by Gasteiger charge is -2.20. The molecule has 4 nitrogen and oxygen atoms in total. The number of rotatable bonds is 6. The second-order valence-corrected chi connectivity index (χ2v) is 7.87. The van der Waals surface area contributed by atoms with Gasteiger partial charge in [0.1, 0.15) is 12.2 Å². The molecular weight excluding hydrogens is 312 g/mol. The number of hydrogen-bond acceptors (Lipinski definition) is 4. The van der Waals surface area contributed by atoms with Crippen LogP contribution in [0.1, 0.15) is 31.4 Å². The zero-order valence-corrected chi connectivity index (χ0v) is 13.7. The highest BCUT2D eigenvalue weighted by molar-refractivity contribution is 7.93. The molecule has 0 aromatic heterocycles. The maximum absolute atomic E-state index is 13.1. The third-order valence-corrected chi connectivity index (χ3v) is 6.53. The monoisotopic (exact) mass is 332 g/mol. The van der Waals surface area contributed by atoms with Crippen LogP contribution in [0.15, 0.2) is 65.6 Å². The van der Waals surface area contributed by atoms with Crippen LogP contribution in [-0.4, -0.2) is 24.6 Å². The van der Waals surface area contributed by atoms with Gasteiger partial charge in [-0.1, -0.05) is 61.9 Å². The quantitative estimate of drug-likeness (QED) is 0.826. The van der Waals surface area contributed by atoms with E-state index in [1.807, 2.05) is 37.3 Å². The van der Waals surface area contributed by atoms with Gasteiger partial charge in [-0.15, -0.1) is 0 Å². The van der Waals surface area contributed by atoms with Crippen molar-refractivity contribution < 1.29 is 18.3 Å². The van der Waals surface area contributed by atoms with E-state index in [1.54, 1.807) is 30.3 Å². The fourth-order valence-electron chi connectivity index (χ4n) is 2.97. The molecular formula is C18H20O4S. The number of benzene rings is 2. The average molecular weight is 332 g/mol. The van der Waals surface area contributed by atoms with Crippen LogP contribution in [0.2, 0.25) is 0 Å². The molecule has 0 bridgehead atoms. The molecule has 0 radical (unpaired) electrons. The summed E-state index contributed by atoms with van der Waals surface area (Å²) in [5.41, 5.74) is 0.766. The van der Waals surface area contributed by atoms with E-state index in [0.717, 1.165) is 5.56 Å². The molecule has 1 aliphatic heterocycles. The number of aliphatic hydroxyl groups excluding tert-OH is 1. The van der Waals surface area contributed by atoms with Gasteiger partial charge in [0.15, 0.2) is 0 Å². The largest absolute Gasteiger partial charge is 0.389 e. The Balaban J connectivity index is 2.05. The van der Waals surface area contributed by atoms with E-state index in [9.17, 15) is 13.5 Å². The van der Waals surface area contributed by atoms with Crippen molar-refractivity contribution in [1.29, 1.82) is 0 Å². The molecule has 1 N–H and O–H groups in total. The second kappa shape index (κ2) is 6.07. The van der Waals surface area contributed by atoms with Gasteiger partial charge in [0.2, 0.25) is 14.8 Å². The molecule has 0 spiro atoms. The van der Waals surface area contributed by atoms with E-state index in [1.165, 1.54) is 0 Å². The van der Waals surface area contributed by atoms with Gasteiger partial charge in [0.25, 0.3) is 0 Å². The Morgan fingerprint density at radius 3 is 2.22 bits per heavy atom. The van der Waals surface area contributed by atoms with E-state index in [4.69, 9.17) is 4.74 Å². The first-order valence-corrected chi connectivity index (χ1v) is 9.23. The molecule has 3 rings (SSSR count). The summed E-state index contributed by atoms with van der Waals surface area (Å²) in [5.74, 6) is 0. The molecule has 0 unspecified atom stereocenters. The highest BCUT2D eigenvalue weighted by Crippen LogP contribution is 2.58. The Labute approximate surface area is 136 Å². The molecule has 2 aromatic carbocycles. The highest BCUT2D eigenvalue weighted by atomic mass is 32.2. The van der Waals surface area contributed by atoms with Crippen molar-refractivity contribution in [2.75, 3.05) is 0 Å². The SMILES string of the molecule is CCC[C@H](O)[C@@]1(S(=O)(=O)c2ccccc2)O[C@H]1c1ccccc1. The number of hydrogen-bond donors (Lipinski definition) is 1. The Morgan fingerprint density at radius 2 is 1.65 bits per heavy atom. The van der Waals surface area contributed by atoms with E-state index < -0.39 is 27.0 Å². The third-order valence-electron chi connectivity index (χ3n) is 4.21. The first-order valence-electron chi connectivity index (χ1n) is 7.74. The zero-order chi connectivity index (χ0) is 16.5. The Kier molecular flexibility index (Phi) is 4.27. The van der Waals surface area contributed by atoms with Crippen LogP contribution in [-0.2, 0) is 14.6 Å². The number of aliphatic hydroxyl groups is 1. The van der Waals surface area contributed by atoms with Crippen molar-refractivity contribution in [3.63, 3.8) is 0 Å². The van der Waals surface area contributed by atoms with Gasteiger partial charge in [-0.25, -0.2) is 8.42 Å². The molecule has 23 heavy (non-hydrogen) atoms. The molecule has 1 fully saturated rings. The number of sulfone groups is 1. The lowest BCUT2D eigenvalue weighted by molar-refractivity contribution is 0.106. The van der Waals surface area contributed by atoms with Gasteiger partial charge in [0, 0.05) is 0 Å². The molecule has 1 aliphatic rings. The van der Waals surface area contributed by atoms with Gasteiger partial charge in [-0.2, -0.15) is 0 Å². The zero-order valence-electron chi connectivity index (χ0n) is 12.9. The smallest absolute Gasteiger partial charge is 0.230 e. The lowest BCUT2D eigenvalue weighted by atomic mass is 10.0. The van der Waals surface area contributed by atoms with Crippen molar-refractivity contribution in [3.8, 4) is 0 Å². The van der Waals surface area contributed by atoms with Crippen LogP contribution < -0.4 is 0 Å². The van der Waals surface area contributed by atoms with Crippen LogP contribution in [0.4, 0.5) is 0 Å². The fraction of sp³-hybridized carbons (Fsp3) is 0.333. The first-order chi connectivity index (χ1) is 11.0. The van der Waals surface area contributed by atoms with Gasteiger partial charge in [0.05, 0.1) is 4.90 Å². The molecule has 0 saturated carbocycles. The minimum Gasteiger partial charge on any atom is -0.389 e. The van der Waals surface area contributed by atoms with Crippen molar-refractivity contribution in [1.82, 2.24) is 0 Å². The Bertz CT molecular complexity index is 758. The molecule has 2 aromatic rings. The number of ether oxygens (including phenoxy) is 1. The van der Waals surface area contributed by atoms with Crippen LogP contribution in [0, 0.1) is 0 Å². The van der Waals surface area contributed by atoms with Crippen molar-refractivity contribution in [2.45, 2.75) is 41.8 Å². The maximum atomic E-state index is 13.1. The summed E-state index contributed by atoms with van der Waals surface area (Å²) in [4.78, 5) is -1.42. The van der Waals surface area contributed by atoms with E-state index in [-0.39, 0.29) is 4.90 Å². The summed E-state index contributed by atoms with van der Waals surface area (Å²) in [5, 5.41) is 10.6. The normalized spacial score (nSPS) is 25.0. The summed E-state index contributed by atoms with van der Waals surface area (Å²) in [6, 6.07) is 17.4. The van der Waals surface area contributed by atoms with E-state index in [2.05, 4.69) is 0 Å². The Morgan fingerprint density at radius 1 is 1.09 bits per heavy atom. The summed E-state index contributed by atoms with van der Waals surface area (Å²) in [6.45, 7) is 1.91. The molecule has 0 aliphatic carbocycles. The molecule has 3 atom stereocenters. The van der Waals surface area contributed by atoms with Gasteiger partial charge in [-0.05, 0) is 24.1 Å². The highest BCUT2D eigenvalue weighted by Gasteiger charge is 2.71. The predicted octanol–water partition coefficient (Wildman–Crippen LogP) is 3.09. The minimum atomic E-state index is -3.82. The summed E-state index contributed by atoms with van der Waals surface area (Å²) >= 11 is 0. The summed E-state index contributed by atoms with van der Waals surface area (Å²) in [7, 11) is -3.82. The van der Waals surface area contributed by atoms with Crippen LogP contribution in [0.25, 0.3) is 0 Å². The second-order valence-electron chi connectivity index (χ2n) is 5.75. The molecule has 0 amide bonds. The van der Waals surface area contributed by atoms with Crippen molar-refractivity contribution in [3.05, 3.63) is 66.2 Å². The Hall–Kier alpha value is -1.69. The molecule has 122 valence electrons. The van der Waals surface area contributed by atoms with E-state index >= 15 is 0 Å². The number of epoxide rings is 1. The minimum absolute atomic E-state index is 0.175. The summed E-state index contributed by atoms with van der Waals surface area (Å²) in [6.07, 6.45) is -0.661. The third kappa shape index (κ3) is 2.59. The van der Waals surface area contributed by atoms with Crippen LogP contribution in [0.5, 0.6) is 0 Å². The van der Waals surface area contributed by atoms with E-state index in [0.29, 0.717) is 12.8 Å². The predicted molar refractivity (Wildman–Crippen MR) is 87.5 cm³/mol. The topological polar surface area (TPSA) is 66.9 Å². The first kappa shape index (κ1) is 16.2. The van der Waals surface area contributed by atoms with Gasteiger partial charge >= 0.3 is 0 Å². The van der Waals surface area contributed by atoms with Crippen LogP contribution in [0.3, 0.4) is 0 Å². The molecule has 5 heteroatoms. The molecule has 1 heterocycles. The van der Waals surface area contributed by atoms with Gasteiger partial charge < -0.3 is 9.84 Å². The summed E-state index contributed by atoms with van der Waals surface area (Å²) < 4.78 is 31.9. The van der Waals surface area contributed by atoms with Crippen LogP contribution >= 0.6 is 0 Å². The maximum Gasteiger partial charge on any atom is 0.230 e. The standard InChI is InChI=1S/C18H20O4S/c1-2-9-16(19)18(17(22-18)14-10-5-3-6-11-14)23(20,21)15-12-7-4-8-13-15/h3-8,10-13,16-17,19H,2,9H2,1H3/t16-,17-,18-/m0/s1. The van der Waals surface area contributed by atoms with Crippen molar-refractivity contribution in [2.24, 2.45) is 0 Å². The van der Waals surface area contributed by atoms with Gasteiger partial charge in [-0.3, -0.25) is 0 Å². The lowest BCUT2D eigenvalue weighted by Crippen LogP contribution is -2.38. The molecule has 1 saturated heterocycles. The average Bonchev–Trinajstić information content (AvgIpc) is 3.34. The fourth-order valence-corrected chi connectivity index (χ4v) is 4.97. The van der Waals surface area contributed by atoms with Crippen molar-refractivity contribution >= 4 is 9.84 Å².